The van der Waals surface area contributed by atoms with E-state index in [1.54, 1.807) is 0 Å². The van der Waals surface area contributed by atoms with Crippen LogP contribution in [-0.4, -0.2) is 61.3 Å². The van der Waals surface area contributed by atoms with Crippen molar-refractivity contribution in [2.45, 2.75) is 24.0 Å². The fourth-order valence-corrected chi connectivity index (χ4v) is 2.62. The number of rotatable bonds is 3. The predicted octanol–water partition coefficient (Wildman–Crippen LogP) is -2.03. The highest BCUT2D eigenvalue weighted by atomic mass is 16.6. The van der Waals surface area contributed by atoms with Gasteiger partial charge in [0.25, 0.3) is 5.56 Å². The number of aromatic nitrogens is 4. The standard InChI is InChI=1S/C13H15N5O5/c1-3-13(21)8(19)6(4-22-2)23-11(13)18-5-15-7-9(18)16-12(14)17-10(7)20/h1,5-6,8,11,19,21H,4H2,2H3,(H3,14,16,17,20)/t6-,8-,11-,13-/m1/s1. The van der Waals surface area contributed by atoms with Crippen molar-refractivity contribution in [3.8, 4) is 12.3 Å². The Morgan fingerprint density at radius 3 is 3.09 bits per heavy atom. The molecule has 1 fully saturated rings. The molecule has 0 bridgehead atoms. The number of hydrogen-bond acceptors (Lipinski definition) is 8. The summed E-state index contributed by atoms with van der Waals surface area (Å²) < 4.78 is 11.8. The van der Waals surface area contributed by atoms with Crippen LogP contribution in [0.5, 0.6) is 0 Å². The van der Waals surface area contributed by atoms with Gasteiger partial charge in [-0.25, -0.2) is 4.98 Å². The van der Waals surface area contributed by atoms with Crippen LogP contribution in [0.15, 0.2) is 11.1 Å². The number of anilines is 1. The van der Waals surface area contributed by atoms with Gasteiger partial charge in [0.05, 0.1) is 12.9 Å². The molecular weight excluding hydrogens is 306 g/mol. The average molecular weight is 321 g/mol. The quantitative estimate of drug-likeness (QED) is 0.473. The fraction of sp³-hybridized carbons (Fsp3) is 0.462. The number of nitrogens with two attached hydrogens (primary N) is 1. The molecule has 10 heteroatoms. The summed E-state index contributed by atoms with van der Waals surface area (Å²) in [5.74, 6) is 2.02. The molecule has 3 rings (SSSR count). The molecule has 0 unspecified atom stereocenters. The van der Waals surface area contributed by atoms with Gasteiger partial charge in [-0.15, -0.1) is 6.42 Å². The summed E-state index contributed by atoms with van der Waals surface area (Å²) >= 11 is 0. The first-order valence-corrected chi connectivity index (χ1v) is 6.67. The van der Waals surface area contributed by atoms with Gasteiger partial charge in [0, 0.05) is 7.11 Å². The van der Waals surface area contributed by atoms with E-state index in [4.69, 9.17) is 21.6 Å². The monoisotopic (exact) mass is 321 g/mol. The number of nitrogen functional groups attached to an aromatic ring is 1. The number of fused-ring (bicyclic) bond motifs is 1. The molecule has 4 atom stereocenters. The number of aliphatic hydroxyl groups is 2. The van der Waals surface area contributed by atoms with Gasteiger partial charge in [-0.1, -0.05) is 5.92 Å². The minimum Gasteiger partial charge on any atom is -0.386 e. The summed E-state index contributed by atoms with van der Waals surface area (Å²) in [5.41, 5.74) is 3.03. The van der Waals surface area contributed by atoms with E-state index in [1.807, 2.05) is 0 Å². The molecular formula is C13H15N5O5. The van der Waals surface area contributed by atoms with Crippen LogP contribution in [0.3, 0.4) is 0 Å². The summed E-state index contributed by atoms with van der Waals surface area (Å²) in [7, 11) is 1.42. The molecule has 0 spiro atoms. The molecule has 3 heterocycles. The van der Waals surface area contributed by atoms with E-state index in [0.29, 0.717) is 0 Å². The van der Waals surface area contributed by atoms with Gasteiger partial charge in [-0.3, -0.25) is 14.3 Å². The number of ether oxygens (including phenoxy) is 2. The summed E-state index contributed by atoms with van der Waals surface area (Å²) in [4.78, 5) is 22.1. The van der Waals surface area contributed by atoms with Gasteiger partial charge in [0.1, 0.15) is 12.2 Å². The minimum absolute atomic E-state index is 0.00635. The first-order chi connectivity index (χ1) is 10.9. The number of nitrogens with zero attached hydrogens (tertiary/aromatic N) is 3. The molecule has 1 aliphatic heterocycles. The van der Waals surface area contributed by atoms with Gasteiger partial charge in [-0.2, -0.15) is 4.98 Å². The number of hydrogen-bond donors (Lipinski definition) is 4. The largest absolute Gasteiger partial charge is 0.386 e. The SMILES string of the molecule is C#C[C@@]1(O)[C@H](O)[C@@H](COC)O[C@H]1n1cnc2c(=O)[nH]c(N)nc21. The van der Waals surface area contributed by atoms with Crippen molar-refractivity contribution in [1.82, 2.24) is 19.5 Å². The molecule has 10 nitrogen and oxygen atoms in total. The van der Waals surface area contributed by atoms with E-state index < -0.39 is 29.6 Å². The Labute approximate surface area is 129 Å². The Balaban J connectivity index is 2.14. The van der Waals surface area contributed by atoms with Gasteiger partial charge in [0.15, 0.2) is 23.0 Å². The van der Waals surface area contributed by atoms with Crippen LogP contribution in [0.1, 0.15) is 6.23 Å². The Morgan fingerprint density at radius 2 is 2.43 bits per heavy atom. The third kappa shape index (κ3) is 2.18. The highest BCUT2D eigenvalue weighted by Crippen LogP contribution is 2.39. The van der Waals surface area contributed by atoms with Crippen molar-refractivity contribution in [2.75, 3.05) is 19.5 Å². The maximum absolute atomic E-state index is 11.8. The van der Waals surface area contributed by atoms with Crippen LogP contribution in [0.2, 0.25) is 0 Å². The first-order valence-electron chi connectivity index (χ1n) is 6.67. The Morgan fingerprint density at radius 1 is 1.70 bits per heavy atom. The molecule has 1 aliphatic rings. The predicted molar refractivity (Wildman–Crippen MR) is 78.1 cm³/mol. The summed E-state index contributed by atoms with van der Waals surface area (Å²) in [5, 5.41) is 20.9. The number of terminal acetylenes is 1. The van der Waals surface area contributed by atoms with E-state index >= 15 is 0 Å². The Bertz CT molecular complexity index is 839. The molecule has 0 amide bonds. The number of aromatic amines is 1. The van der Waals surface area contributed by atoms with Crippen LogP contribution in [0.25, 0.3) is 11.2 Å². The van der Waals surface area contributed by atoms with Crippen molar-refractivity contribution in [1.29, 1.82) is 0 Å². The van der Waals surface area contributed by atoms with Crippen LogP contribution in [-0.2, 0) is 9.47 Å². The summed E-state index contributed by atoms with van der Waals surface area (Å²) in [6.07, 6.45) is 3.17. The number of aliphatic hydroxyl groups excluding tert-OH is 1. The second-order valence-corrected chi connectivity index (χ2v) is 5.17. The second kappa shape index (κ2) is 5.32. The van der Waals surface area contributed by atoms with Crippen LogP contribution < -0.4 is 11.3 Å². The lowest BCUT2D eigenvalue weighted by Gasteiger charge is -2.26. The zero-order valence-corrected chi connectivity index (χ0v) is 12.1. The topological polar surface area (TPSA) is 149 Å². The van der Waals surface area contributed by atoms with Crippen LogP contribution >= 0.6 is 0 Å². The van der Waals surface area contributed by atoms with Gasteiger partial charge in [0.2, 0.25) is 5.95 Å². The normalized spacial score (nSPS) is 30.6. The molecule has 2 aromatic heterocycles. The molecule has 0 radical (unpaired) electrons. The molecule has 2 aromatic rings. The summed E-state index contributed by atoms with van der Waals surface area (Å²) in [6.45, 7) is 0.0183. The molecule has 1 saturated heterocycles. The molecule has 0 aromatic carbocycles. The smallest absolute Gasteiger partial charge is 0.280 e. The summed E-state index contributed by atoms with van der Waals surface area (Å²) in [6, 6.07) is 0. The Kier molecular flexibility index (Phi) is 3.57. The van der Waals surface area contributed by atoms with Crippen molar-refractivity contribution >= 4 is 17.1 Å². The van der Waals surface area contributed by atoms with Gasteiger partial charge >= 0.3 is 0 Å². The van der Waals surface area contributed by atoms with Crippen LogP contribution in [0, 0.1) is 12.3 Å². The number of methoxy groups -OCH3 is 1. The highest BCUT2D eigenvalue weighted by molar-refractivity contribution is 5.70. The molecule has 122 valence electrons. The molecule has 5 N–H and O–H groups in total. The number of nitrogens with one attached hydrogen (secondary N) is 1. The maximum Gasteiger partial charge on any atom is 0.280 e. The van der Waals surface area contributed by atoms with Crippen molar-refractivity contribution in [3.05, 3.63) is 16.7 Å². The molecule has 0 aliphatic carbocycles. The van der Waals surface area contributed by atoms with Crippen molar-refractivity contribution in [3.63, 3.8) is 0 Å². The van der Waals surface area contributed by atoms with Gasteiger partial charge in [-0.05, 0) is 0 Å². The number of H-pyrrole nitrogens is 1. The number of imidazole rings is 1. The zero-order valence-electron chi connectivity index (χ0n) is 12.1. The van der Waals surface area contributed by atoms with Crippen molar-refractivity contribution < 1.29 is 19.7 Å². The third-order valence-electron chi connectivity index (χ3n) is 3.75. The van der Waals surface area contributed by atoms with E-state index in [1.165, 1.54) is 18.0 Å². The van der Waals surface area contributed by atoms with E-state index in [0.717, 1.165) is 0 Å². The lowest BCUT2D eigenvalue weighted by atomic mass is 9.95. The first kappa shape index (κ1) is 15.4. The highest BCUT2D eigenvalue weighted by Gasteiger charge is 2.56. The molecule has 0 saturated carbocycles. The fourth-order valence-electron chi connectivity index (χ4n) is 2.62. The lowest BCUT2D eigenvalue weighted by Crippen LogP contribution is -2.45. The average Bonchev–Trinajstić information content (AvgIpc) is 3.02. The minimum atomic E-state index is -2.05. The maximum atomic E-state index is 11.8. The van der Waals surface area contributed by atoms with Gasteiger partial charge < -0.3 is 25.4 Å². The van der Waals surface area contributed by atoms with E-state index in [9.17, 15) is 15.0 Å². The van der Waals surface area contributed by atoms with E-state index in [-0.39, 0.29) is 23.7 Å². The van der Waals surface area contributed by atoms with Crippen LogP contribution in [0.4, 0.5) is 5.95 Å². The second-order valence-electron chi connectivity index (χ2n) is 5.17. The van der Waals surface area contributed by atoms with E-state index in [2.05, 4.69) is 20.9 Å². The Hall–Kier alpha value is -2.45. The third-order valence-corrected chi connectivity index (χ3v) is 3.75. The van der Waals surface area contributed by atoms with Crippen molar-refractivity contribution in [2.24, 2.45) is 0 Å². The molecule has 23 heavy (non-hydrogen) atoms. The lowest BCUT2D eigenvalue weighted by molar-refractivity contribution is -0.0742. The zero-order chi connectivity index (χ0) is 16.8.